The number of carboxylic acids is 1. The molecule has 0 aliphatic rings. The van der Waals surface area contributed by atoms with E-state index in [9.17, 15) is 14.4 Å². The molecule has 0 spiro atoms. The number of carbonyl (C=O) groups excluding carboxylic acids is 2. The lowest BCUT2D eigenvalue weighted by Gasteiger charge is -2.11. The Hall–Kier alpha value is -1.63. The number of rotatable bonds is 9. The van der Waals surface area contributed by atoms with Crippen molar-refractivity contribution in [3.8, 4) is 0 Å². The van der Waals surface area contributed by atoms with E-state index in [0.717, 1.165) is 12.8 Å². The first-order valence-electron chi connectivity index (χ1n) is 5.93. The van der Waals surface area contributed by atoms with Crippen molar-refractivity contribution in [3.63, 3.8) is 0 Å². The molecule has 0 unspecified atom stereocenters. The normalized spacial score (nSPS) is 11.7. The van der Waals surface area contributed by atoms with Gasteiger partial charge in [-0.1, -0.05) is 0 Å². The van der Waals surface area contributed by atoms with Gasteiger partial charge in [-0.05, 0) is 19.3 Å². The first-order chi connectivity index (χ1) is 8.43. The van der Waals surface area contributed by atoms with E-state index in [2.05, 4.69) is 10.6 Å². The first-order valence-corrected chi connectivity index (χ1v) is 5.93. The van der Waals surface area contributed by atoms with Gasteiger partial charge in [-0.25, -0.2) is 0 Å². The van der Waals surface area contributed by atoms with Crippen LogP contribution < -0.4 is 16.4 Å². The first kappa shape index (κ1) is 16.4. The van der Waals surface area contributed by atoms with Gasteiger partial charge in [-0.3, -0.25) is 14.4 Å². The standard InChI is InChI=1S/C11H21N3O4/c1-8(15)13-6-3-2-4-9(12)11(18)14-7-5-10(16)17/h9H,2-7,12H2,1H3,(H,13,15)(H,14,18)(H,16,17)/t9-/m0/s1. The van der Waals surface area contributed by atoms with Crippen LogP contribution in [-0.2, 0) is 14.4 Å². The summed E-state index contributed by atoms with van der Waals surface area (Å²) in [4.78, 5) is 32.2. The topological polar surface area (TPSA) is 122 Å². The molecule has 0 heterocycles. The van der Waals surface area contributed by atoms with E-state index in [1.807, 2.05) is 0 Å². The number of hydrogen-bond donors (Lipinski definition) is 4. The molecule has 18 heavy (non-hydrogen) atoms. The van der Waals surface area contributed by atoms with Crippen molar-refractivity contribution in [2.24, 2.45) is 5.73 Å². The van der Waals surface area contributed by atoms with Crippen LogP contribution in [0.1, 0.15) is 32.6 Å². The van der Waals surface area contributed by atoms with Gasteiger partial charge in [0.2, 0.25) is 11.8 Å². The molecule has 0 aliphatic heterocycles. The van der Waals surface area contributed by atoms with Crippen LogP contribution in [0.5, 0.6) is 0 Å². The maximum Gasteiger partial charge on any atom is 0.305 e. The number of unbranched alkanes of at least 4 members (excludes halogenated alkanes) is 1. The Kier molecular flexibility index (Phi) is 8.55. The number of nitrogens with two attached hydrogens (primary N) is 1. The molecular formula is C11H21N3O4. The zero-order valence-corrected chi connectivity index (χ0v) is 10.6. The van der Waals surface area contributed by atoms with Crippen LogP contribution in [0.2, 0.25) is 0 Å². The van der Waals surface area contributed by atoms with Crippen LogP contribution in [0.25, 0.3) is 0 Å². The quantitative estimate of drug-likeness (QED) is 0.404. The molecule has 0 aliphatic carbocycles. The third kappa shape index (κ3) is 9.59. The second kappa shape index (κ2) is 9.41. The Bertz CT molecular complexity index is 294. The van der Waals surface area contributed by atoms with Crippen LogP contribution in [0.15, 0.2) is 0 Å². The molecule has 0 rings (SSSR count). The fraction of sp³-hybridized carbons (Fsp3) is 0.727. The molecule has 2 amide bonds. The van der Waals surface area contributed by atoms with Gasteiger partial charge in [-0.15, -0.1) is 0 Å². The molecule has 0 fully saturated rings. The Labute approximate surface area is 106 Å². The Balaban J connectivity index is 3.55. The maximum atomic E-state index is 11.4. The summed E-state index contributed by atoms with van der Waals surface area (Å²) in [5.41, 5.74) is 5.63. The van der Waals surface area contributed by atoms with Gasteiger partial charge in [0.1, 0.15) is 0 Å². The number of hydrogen-bond acceptors (Lipinski definition) is 4. The molecule has 1 atom stereocenters. The Morgan fingerprint density at radius 3 is 2.39 bits per heavy atom. The highest BCUT2D eigenvalue weighted by Crippen LogP contribution is 1.98. The predicted octanol–water partition coefficient (Wildman–Crippen LogP) is -0.789. The summed E-state index contributed by atoms with van der Waals surface area (Å²) < 4.78 is 0. The molecule has 0 bridgehead atoms. The molecule has 0 saturated heterocycles. The van der Waals surface area contributed by atoms with Crippen LogP contribution in [0.3, 0.4) is 0 Å². The molecule has 7 heteroatoms. The predicted molar refractivity (Wildman–Crippen MR) is 65.8 cm³/mol. The van der Waals surface area contributed by atoms with E-state index in [-0.39, 0.29) is 24.8 Å². The monoisotopic (exact) mass is 259 g/mol. The van der Waals surface area contributed by atoms with E-state index < -0.39 is 12.0 Å². The molecule has 0 aromatic carbocycles. The minimum absolute atomic E-state index is 0.0780. The van der Waals surface area contributed by atoms with Crippen LogP contribution in [-0.4, -0.2) is 42.0 Å². The van der Waals surface area contributed by atoms with Crippen molar-refractivity contribution in [2.45, 2.75) is 38.6 Å². The number of carboxylic acid groups (broad SMARTS) is 1. The molecular weight excluding hydrogens is 238 g/mol. The minimum atomic E-state index is -0.959. The number of aliphatic carboxylic acids is 1. The maximum absolute atomic E-state index is 11.4. The molecule has 0 saturated carbocycles. The van der Waals surface area contributed by atoms with Crippen molar-refractivity contribution in [1.29, 1.82) is 0 Å². The summed E-state index contributed by atoms with van der Waals surface area (Å²) in [7, 11) is 0. The van der Waals surface area contributed by atoms with Crippen molar-refractivity contribution < 1.29 is 19.5 Å². The fourth-order valence-corrected chi connectivity index (χ4v) is 1.31. The molecule has 104 valence electrons. The molecule has 0 aromatic heterocycles. The van der Waals surface area contributed by atoms with E-state index in [4.69, 9.17) is 10.8 Å². The van der Waals surface area contributed by atoms with Crippen LogP contribution in [0.4, 0.5) is 0 Å². The Morgan fingerprint density at radius 1 is 1.17 bits per heavy atom. The lowest BCUT2D eigenvalue weighted by molar-refractivity contribution is -0.137. The molecule has 5 N–H and O–H groups in total. The average molecular weight is 259 g/mol. The van der Waals surface area contributed by atoms with Crippen molar-refractivity contribution in [2.75, 3.05) is 13.1 Å². The van der Waals surface area contributed by atoms with Gasteiger partial charge in [0.25, 0.3) is 0 Å². The van der Waals surface area contributed by atoms with Crippen LogP contribution in [0, 0.1) is 0 Å². The summed E-state index contributed by atoms with van der Waals surface area (Å²) >= 11 is 0. The number of nitrogens with one attached hydrogen (secondary N) is 2. The van der Waals surface area contributed by atoms with Gasteiger partial charge in [0.05, 0.1) is 12.5 Å². The highest BCUT2D eigenvalue weighted by molar-refractivity contribution is 5.81. The number of carbonyl (C=O) groups is 3. The van der Waals surface area contributed by atoms with Gasteiger partial charge in [-0.2, -0.15) is 0 Å². The summed E-state index contributed by atoms with van der Waals surface area (Å²) in [6, 6.07) is -0.629. The highest BCUT2D eigenvalue weighted by Gasteiger charge is 2.12. The molecule has 7 nitrogen and oxygen atoms in total. The number of amides is 2. The molecule has 0 radical (unpaired) electrons. The SMILES string of the molecule is CC(=O)NCCCC[C@H](N)C(=O)NCCC(=O)O. The lowest BCUT2D eigenvalue weighted by atomic mass is 10.1. The zero-order valence-electron chi connectivity index (χ0n) is 10.6. The van der Waals surface area contributed by atoms with E-state index >= 15 is 0 Å². The summed E-state index contributed by atoms with van der Waals surface area (Å²) in [5.74, 6) is -1.37. The van der Waals surface area contributed by atoms with Crippen LogP contribution >= 0.6 is 0 Å². The zero-order chi connectivity index (χ0) is 14.0. The third-order valence-corrected chi connectivity index (χ3v) is 2.29. The van der Waals surface area contributed by atoms with Gasteiger partial charge >= 0.3 is 5.97 Å². The smallest absolute Gasteiger partial charge is 0.305 e. The Morgan fingerprint density at radius 2 is 1.83 bits per heavy atom. The van der Waals surface area contributed by atoms with Gasteiger partial charge < -0.3 is 21.5 Å². The van der Waals surface area contributed by atoms with E-state index in [0.29, 0.717) is 13.0 Å². The average Bonchev–Trinajstić information content (AvgIpc) is 2.27. The summed E-state index contributed by atoms with van der Waals surface area (Å²) in [6.07, 6.45) is 1.89. The van der Waals surface area contributed by atoms with E-state index in [1.54, 1.807) is 0 Å². The largest absolute Gasteiger partial charge is 0.481 e. The third-order valence-electron chi connectivity index (χ3n) is 2.29. The highest BCUT2D eigenvalue weighted by atomic mass is 16.4. The van der Waals surface area contributed by atoms with Crippen molar-refractivity contribution in [3.05, 3.63) is 0 Å². The summed E-state index contributed by atoms with van der Waals surface area (Å²) in [6.45, 7) is 2.11. The van der Waals surface area contributed by atoms with Crippen molar-refractivity contribution in [1.82, 2.24) is 10.6 Å². The lowest BCUT2D eigenvalue weighted by Crippen LogP contribution is -2.41. The fourth-order valence-electron chi connectivity index (χ4n) is 1.31. The van der Waals surface area contributed by atoms with Gasteiger partial charge in [0, 0.05) is 20.0 Å². The molecule has 0 aromatic rings. The second-order valence-corrected chi connectivity index (χ2v) is 4.02. The minimum Gasteiger partial charge on any atom is -0.481 e. The van der Waals surface area contributed by atoms with E-state index in [1.165, 1.54) is 6.92 Å². The van der Waals surface area contributed by atoms with Crippen molar-refractivity contribution >= 4 is 17.8 Å². The summed E-state index contributed by atoms with van der Waals surface area (Å²) in [5, 5.41) is 13.5. The second-order valence-electron chi connectivity index (χ2n) is 4.02. The van der Waals surface area contributed by atoms with Gasteiger partial charge in [0.15, 0.2) is 0 Å².